The van der Waals surface area contributed by atoms with Gasteiger partial charge in [0, 0.05) is 17.4 Å². The minimum Gasteiger partial charge on any atom is -0.330 e. The standard InChI is InChI=1S/C10H10BrN3O/c11-8-5-7(6-13)1-2-9(8)14-10(15)3-4-12/h1-2,5H,3-4,12H2,(H,14,15). The number of nitrogens with zero attached hydrogens (tertiary/aromatic N) is 1. The first kappa shape index (κ1) is 11.7. The maximum Gasteiger partial charge on any atom is 0.225 e. The molecule has 0 saturated carbocycles. The number of nitrogens with two attached hydrogens (primary N) is 1. The lowest BCUT2D eigenvalue weighted by Crippen LogP contribution is -2.16. The van der Waals surface area contributed by atoms with Crippen LogP contribution in [0.2, 0.25) is 0 Å². The van der Waals surface area contributed by atoms with E-state index in [1.807, 2.05) is 6.07 Å². The molecule has 0 heterocycles. The zero-order chi connectivity index (χ0) is 11.3. The van der Waals surface area contributed by atoms with E-state index in [0.717, 1.165) is 0 Å². The Bertz CT molecular complexity index is 412. The quantitative estimate of drug-likeness (QED) is 0.874. The molecule has 0 aromatic heterocycles. The van der Waals surface area contributed by atoms with E-state index in [0.29, 0.717) is 22.3 Å². The molecule has 0 atom stereocenters. The molecule has 1 aromatic carbocycles. The summed E-state index contributed by atoms with van der Waals surface area (Å²) in [6, 6.07) is 6.98. The summed E-state index contributed by atoms with van der Waals surface area (Å²) in [6.07, 6.45) is 0.284. The average molecular weight is 268 g/mol. The maximum absolute atomic E-state index is 11.2. The third-order valence-electron chi connectivity index (χ3n) is 1.74. The van der Waals surface area contributed by atoms with Crippen molar-refractivity contribution in [3.05, 3.63) is 28.2 Å². The van der Waals surface area contributed by atoms with Crippen molar-refractivity contribution in [3.8, 4) is 6.07 Å². The molecule has 15 heavy (non-hydrogen) atoms. The number of carbonyl (C=O) groups is 1. The van der Waals surface area contributed by atoms with E-state index >= 15 is 0 Å². The third kappa shape index (κ3) is 3.35. The summed E-state index contributed by atoms with van der Waals surface area (Å²) in [5, 5.41) is 11.3. The summed E-state index contributed by atoms with van der Waals surface area (Å²) >= 11 is 3.27. The molecule has 78 valence electrons. The van der Waals surface area contributed by atoms with E-state index in [-0.39, 0.29) is 12.3 Å². The van der Waals surface area contributed by atoms with Crippen molar-refractivity contribution < 1.29 is 4.79 Å². The SMILES string of the molecule is N#Cc1ccc(NC(=O)CCN)c(Br)c1. The van der Waals surface area contributed by atoms with Crippen LogP contribution in [0.15, 0.2) is 22.7 Å². The van der Waals surface area contributed by atoms with E-state index in [1.54, 1.807) is 18.2 Å². The van der Waals surface area contributed by atoms with Gasteiger partial charge in [-0.15, -0.1) is 0 Å². The number of carbonyl (C=O) groups excluding carboxylic acids is 1. The fourth-order valence-corrected chi connectivity index (χ4v) is 1.51. The van der Waals surface area contributed by atoms with Crippen LogP contribution in [0.3, 0.4) is 0 Å². The van der Waals surface area contributed by atoms with Crippen LogP contribution in [0, 0.1) is 11.3 Å². The largest absolute Gasteiger partial charge is 0.330 e. The van der Waals surface area contributed by atoms with Crippen LogP contribution in [0.1, 0.15) is 12.0 Å². The molecule has 0 bridgehead atoms. The molecule has 4 nitrogen and oxygen atoms in total. The van der Waals surface area contributed by atoms with Crippen LogP contribution in [0.25, 0.3) is 0 Å². The summed E-state index contributed by atoms with van der Waals surface area (Å²) in [5.41, 5.74) is 6.44. The van der Waals surface area contributed by atoms with Crippen LogP contribution >= 0.6 is 15.9 Å². The lowest BCUT2D eigenvalue weighted by Gasteiger charge is -2.06. The smallest absolute Gasteiger partial charge is 0.225 e. The number of rotatable bonds is 3. The molecule has 0 fully saturated rings. The topological polar surface area (TPSA) is 78.9 Å². The first-order valence-electron chi connectivity index (χ1n) is 4.37. The summed E-state index contributed by atoms with van der Waals surface area (Å²) in [4.78, 5) is 11.2. The first-order valence-corrected chi connectivity index (χ1v) is 5.16. The van der Waals surface area contributed by atoms with Crippen molar-refractivity contribution in [2.24, 2.45) is 5.73 Å². The van der Waals surface area contributed by atoms with Gasteiger partial charge in [-0.25, -0.2) is 0 Å². The zero-order valence-electron chi connectivity index (χ0n) is 7.96. The van der Waals surface area contributed by atoms with E-state index in [9.17, 15) is 4.79 Å². The van der Waals surface area contributed by atoms with E-state index in [1.165, 1.54) is 0 Å². The van der Waals surface area contributed by atoms with Gasteiger partial charge in [0.25, 0.3) is 0 Å². The van der Waals surface area contributed by atoms with Gasteiger partial charge in [-0.1, -0.05) is 0 Å². The lowest BCUT2D eigenvalue weighted by molar-refractivity contribution is -0.116. The van der Waals surface area contributed by atoms with Crippen LogP contribution in [0.4, 0.5) is 5.69 Å². The van der Waals surface area contributed by atoms with Crippen molar-refractivity contribution in [2.45, 2.75) is 6.42 Å². The summed E-state index contributed by atoms with van der Waals surface area (Å²) < 4.78 is 0.687. The molecule has 1 aromatic rings. The summed E-state index contributed by atoms with van der Waals surface area (Å²) in [5.74, 6) is -0.136. The molecule has 3 N–H and O–H groups in total. The van der Waals surface area contributed by atoms with Crippen LogP contribution in [-0.4, -0.2) is 12.5 Å². The number of nitriles is 1. The van der Waals surface area contributed by atoms with Gasteiger partial charge in [0.2, 0.25) is 5.91 Å². The number of amides is 1. The van der Waals surface area contributed by atoms with Crippen molar-refractivity contribution >= 4 is 27.5 Å². The summed E-state index contributed by atoms with van der Waals surface area (Å²) in [7, 11) is 0. The second-order valence-electron chi connectivity index (χ2n) is 2.89. The molecule has 0 aliphatic heterocycles. The number of benzene rings is 1. The second-order valence-corrected chi connectivity index (χ2v) is 3.75. The molecular weight excluding hydrogens is 258 g/mol. The molecule has 1 rings (SSSR count). The molecular formula is C10H10BrN3O. The average Bonchev–Trinajstić information content (AvgIpc) is 2.21. The molecule has 0 unspecified atom stereocenters. The number of anilines is 1. The van der Waals surface area contributed by atoms with Gasteiger partial charge in [0.1, 0.15) is 0 Å². The molecule has 1 amide bonds. The second kappa shape index (κ2) is 5.49. The molecule has 0 aliphatic carbocycles. The van der Waals surface area contributed by atoms with Crippen molar-refractivity contribution in [3.63, 3.8) is 0 Å². The van der Waals surface area contributed by atoms with Crippen LogP contribution < -0.4 is 11.1 Å². The van der Waals surface area contributed by atoms with Gasteiger partial charge in [0.05, 0.1) is 17.3 Å². The Morgan fingerprint density at radius 2 is 2.33 bits per heavy atom. The fraction of sp³-hybridized carbons (Fsp3) is 0.200. The Balaban J connectivity index is 2.79. The summed E-state index contributed by atoms with van der Waals surface area (Å²) in [6.45, 7) is 0.319. The van der Waals surface area contributed by atoms with Crippen molar-refractivity contribution in [2.75, 3.05) is 11.9 Å². The molecule has 0 aliphatic rings. The molecule has 0 radical (unpaired) electrons. The Labute approximate surface area is 96.2 Å². The number of hydrogen-bond acceptors (Lipinski definition) is 3. The number of nitrogens with one attached hydrogen (secondary N) is 1. The van der Waals surface area contributed by atoms with Crippen molar-refractivity contribution in [1.29, 1.82) is 5.26 Å². The van der Waals surface area contributed by atoms with Gasteiger partial charge in [-0.2, -0.15) is 5.26 Å². The number of halogens is 1. The fourth-order valence-electron chi connectivity index (χ4n) is 1.03. The van der Waals surface area contributed by atoms with E-state index in [4.69, 9.17) is 11.0 Å². The van der Waals surface area contributed by atoms with Gasteiger partial charge in [-0.3, -0.25) is 4.79 Å². The maximum atomic E-state index is 11.2. The Morgan fingerprint density at radius 1 is 1.60 bits per heavy atom. The Hall–Kier alpha value is -1.38. The molecule has 5 heteroatoms. The highest BCUT2D eigenvalue weighted by atomic mass is 79.9. The Kier molecular flexibility index (Phi) is 4.28. The molecule has 0 saturated heterocycles. The predicted octanol–water partition coefficient (Wildman–Crippen LogP) is 1.61. The van der Waals surface area contributed by atoms with Gasteiger partial charge < -0.3 is 11.1 Å². The van der Waals surface area contributed by atoms with Crippen LogP contribution in [-0.2, 0) is 4.79 Å². The Morgan fingerprint density at radius 3 is 2.87 bits per heavy atom. The van der Waals surface area contributed by atoms with Gasteiger partial charge >= 0.3 is 0 Å². The monoisotopic (exact) mass is 267 g/mol. The zero-order valence-corrected chi connectivity index (χ0v) is 9.54. The predicted molar refractivity (Wildman–Crippen MR) is 61.2 cm³/mol. The minimum atomic E-state index is -0.136. The minimum absolute atomic E-state index is 0.136. The normalized spacial score (nSPS) is 9.40. The first-order chi connectivity index (χ1) is 7.17. The third-order valence-corrected chi connectivity index (χ3v) is 2.40. The van der Waals surface area contributed by atoms with Crippen LogP contribution in [0.5, 0.6) is 0 Å². The van der Waals surface area contributed by atoms with E-state index < -0.39 is 0 Å². The van der Waals surface area contributed by atoms with Gasteiger partial charge in [-0.05, 0) is 34.1 Å². The highest BCUT2D eigenvalue weighted by Gasteiger charge is 2.05. The molecule has 0 spiro atoms. The van der Waals surface area contributed by atoms with E-state index in [2.05, 4.69) is 21.2 Å². The number of hydrogen-bond donors (Lipinski definition) is 2. The highest BCUT2D eigenvalue weighted by Crippen LogP contribution is 2.23. The lowest BCUT2D eigenvalue weighted by atomic mass is 10.2. The van der Waals surface area contributed by atoms with Gasteiger partial charge in [0.15, 0.2) is 0 Å². The van der Waals surface area contributed by atoms with Crippen molar-refractivity contribution in [1.82, 2.24) is 0 Å². The highest BCUT2D eigenvalue weighted by molar-refractivity contribution is 9.10.